The zero-order chi connectivity index (χ0) is 14.7. The van der Waals surface area contributed by atoms with E-state index in [1.807, 2.05) is 0 Å². The molecule has 0 aliphatic carbocycles. The van der Waals surface area contributed by atoms with Crippen LogP contribution in [0.15, 0.2) is 30.3 Å². The van der Waals surface area contributed by atoms with Crippen LogP contribution in [0.4, 0.5) is 10.1 Å². The number of hydrogen-bond acceptors (Lipinski definition) is 3. The van der Waals surface area contributed by atoms with Crippen molar-refractivity contribution in [2.45, 2.75) is 13.5 Å². The molecule has 0 spiro atoms. The zero-order valence-electron chi connectivity index (χ0n) is 11.2. The molecule has 5 heteroatoms. The van der Waals surface area contributed by atoms with Crippen LogP contribution in [0.5, 0.6) is 11.5 Å². The average molecular weight is 296 g/mol. The molecule has 2 aromatic carbocycles. The molecule has 0 bridgehead atoms. The summed E-state index contributed by atoms with van der Waals surface area (Å²) in [5.41, 5.74) is 1.93. The van der Waals surface area contributed by atoms with Gasteiger partial charge in [0.05, 0.1) is 7.11 Å². The Morgan fingerprint density at radius 1 is 1.30 bits per heavy atom. The lowest BCUT2D eigenvalue weighted by Crippen LogP contribution is -2.01. The third-order valence-corrected chi connectivity index (χ3v) is 3.20. The van der Waals surface area contributed by atoms with Crippen LogP contribution < -0.4 is 10.1 Å². The van der Waals surface area contributed by atoms with Gasteiger partial charge in [-0.05, 0) is 36.8 Å². The van der Waals surface area contributed by atoms with E-state index in [-0.39, 0.29) is 11.6 Å². The predicted molar refractivity (Wildman–Crippen MR) is 78.1 cm³/mol. The molecule has 0 unspecified atom stereocenters. The number of benzene rings is 2. The van der Waals surface area contributed by atoms with Gasteiger partial charge in [0.15, 0.2) is 11.5 Å². The second-order valence-electron chi connectivity index (χ2n) is 4.43. The molecule has 2 N–H and O–H groups in total. The van der Waals surface area contributed by atoms with Gasteiger partial charge in [-0.1, -0.05) is 11.6 Å². The first kappa shape index (κ1) is 14.5. The molecule has 3 nitrogen and oxygen atoms in total. The van der Waals surface area contributed by atoms with Crippen molar-refractivity contribution in [3.8, 4) is 11.5 Å². The van der Waals surface area contributed by atoms with Crippen LogP contribution in [0.1, 0.15) is 11.1 Å². The van der Waals surface area contributed by atoms with Gasteiger partial charge in [0.25, 0.3) is 0 Å². The summed E-state index contributed by atoms with van der Waals surface area (Å²) < 4.78 is 18.2. The summed E-state index contributed by atoms with van der Waals surface area (Å²) in [5.74, 6) is 0.121. The molecule has 0 atom stereocenters. The van der Waals surface area contributed by atoms with Crippen LogP contribution in [-0.2, 0) is 6.54 Å². The van der Waals surface area contributed by atoms with E-state index in [0.29, 0.717) is 28.4 Å². The van der Waals surface area contributed by atoms with E-state index < -0.39 is 0 Å². The van der Waals surface area contributed by atoms with E-state index in [2.05, 4.69) is 5.32 Å². The minimum Gasteiger partial charge on any atom is -0.504 e. The van der Waals surface area contributed by atoms with E-state index in [1.54, 1.807) is 31.2 Å². The summed E-state index contributed by atoms with van der Waals surface area (Å²) in [6.07, 6.45) is 0. The number of aromatic hydroxyl groups is 1. The van der Waals surface area contributed by atoms with Gasteiger partial charge in [0, 0.05) is 28.9 Å². The first-order chi connectivity index (χ1) is 9.51. The van der Waals surface area contributed by atoms with Crippen LogP contribution in [0, 0.1) is 12.7 Å². The molecule has 0 radical (unpaired) electrons. The molecule has 2 rings (SSSR count). The lowest BCUT2D eigenvalue weighted by molar-refractivity contribution is 0.371. The van der Waals surface area contributed by atoms with E-state index >= 15 is 0 Å². The van der Waals surface area contributed by atoms with Gasteiger partial charge in [0.1, 0.15) is 5.82 Å². The van der Waals surface area contributed by atoms with E-state index in [4.69, 9.17) is 16.3 Å². The van der Waals surface area contributed by atoms with E-state index in [0.717, 1.165) is 5.69 Å². The lowest BCUT2D eigenvalue weighted by Gasteiger charge is -2.12. The summed E-state index contributed by atoms with van der Waals surface area (Å²) in [6, 6.07) is 7.94. The van der Waals surface area contributed by atoms with Gasteiger partial charge >= 0.3 is 0 Å². The second kappa shape index (κ2) is 6.01. The van der Waals surface area contributed by atoms with Gasteiger partial charge in [-0.3, -0.25) is 0 Å². The van der Waals surface area contributed by atoms with Crippen LogP contribution in [0.2, 0.25) is 5.02 Å². The maximum atomic E-state index is 13.2. The number of rotatable bonds is 4. The number of aryl methyl sites for hydroxylation is 1. The van der Waals surface area contributed by atoms with Crippen molar-refractivity contribution in [2.75, 3.05) is 12.4 Å². The van der Waals surface area contributed by atoms with Gasteiger partial charge in [-0.25, -0.2) is 4.39 Å². The van der Waals surface area contributed by atoms with Crippen molar-refractivity contribution < 1.29 is 14.2 Å². The number of nitrogens with one attached hydrogen (secondary N) is 1. The van der Waals surface area contributed by atoms with E-state index in [9.17, 15) is 9.50 Å². The molecular formula is C15H15ClFNO2. The van der Waals surface area contributed by atoms with Gasteiger partial charge in [-0.15, -0.1) is 0 Å². The fraction of sp³-hybridized carbons (Fsp3) is 0.200. The molecule has 0 amide bonds. The molecule has 0 saturated heterocycles. The number of methoxy groups -OCH3 is 1. The monoisotopic (exact) mass is 295 g/mol. The minimum absolute atomic E-state index is 0.0447. The van der Waals surface area contributed by atoms with Crippen molar-refractivity contribution in [3.05, 3.63) is 52.3 Å². The molecule has 0 aliphatic rings. The number of hydrogen-bond donors (Lipinski definition) is 2. The predicted octanol–water partition coefficient (Wildman–Crippen LogP) is 4.11. The number of phenols is 1. The smallest absolute Gasteiger partial charge is 0.162 e. The van der Waals surface area contributed by atoms with Gasteiger partial charge < -0.3 is 15.2 Å². The van der Waals surface area contributed by atoms with Crippen LogP contribution in [0.3, 0.4) is 0 Å². The normalized spacial score (nSPS) is 10.4. The highest BCUT2D eigenvalue weighted by molar-refractivity contribution is 6.30. The minimum atomic E-state index is -0.247. The summed E-state index contributed by atoms with van der Waals surface area (Å²) >= 11 is 5.96. The quantitative estimate of drug-likeness (QED) is 0.892. The Bertz CT molecular complexity index is 632. The molecule has 0 aliphatic heterocycles. The van der Waals surface area contributed by atoms with Crippen LogP contribution in [0.25, 0.3) is 0 Å². The molecule has 0 aromatic heterocycles. The number of ether oxygens (including phenoxy) is 1. The molecule has 0 heterocycles. The zero-order valence-corrected chi connectivity index (χ0v) is 12.0. The molecule has 106 valence electrons. The Morgan fingerprint density at radius 2 is 2.05 bits per heavy atom. The van der Waals surface area contributed by atoms with Crippen LogP contribution in [-0.4, -0.2) is 12.2 Å². The lowest BCUT2D eigenvalue weighted by atomic mass is 10.1. The Morgan fingerprint density at radius 3 is 2.70 bits per heavy atom. The third-order valence-electron chi connectivity index (χ3n) is 2.98. The van der Waals surface area contributed by atoms with Crippen molar-refractivity contribution in [2.24, 2.45) is 0 Å². The maximum Gasteiger partial charge on any atom is 0.162 e. The van der Waals surface area contributed by atoms with E-state index in [1.165, 1.54) is 13.2 Å². The number of halogens is 2. The Kier molecular flexibility index (Phi) is 4.35. The number of phenolic OH excluding ortho intramolecular Hbond substituents is 1. The van der Waals surface area contributed by atoms with Gasteiger partial charge in [0.2, 0.25) is 0 Å². The topological polar surface area (TPSA) is 41.5 Å². The van der Waals surface area contributed by atoms with Crippen LogP contribution >= 0.6 is 11.6 Å². The molecule has 0 saturated carbocycles. The fourth-order valence-corrected chi connectivity index (χ4v) is 2.10. The van der Waals surface area contributed by atoms with Crippen molar-refractivity contribution in [1.29, 1.82) is 0 Å². The van der Waals surface area contributed by atoms with Crippen molar-refractivity contribution in [1.82, 2.24) is 0 Å². The largest absolute Gasteiger partial charge is 0.504 e. The van der Waals surface area contributed by atoms with Crippen molar-refractivity contribution in [3.63, 3.8) is 0 Å². The fourth-order valence-electron chi connectivity index (χ4n) is 1.87. The molecule has 2 aromatic rings. The standard InChI is InChI=1S/C15H15ClFNO2/c1-9-5-12(3-4-13(9)17)18-8-10-6-11(16)7-14(20-2)15(10)19/h3-7,18-19H,8H2,1-2H3. The molecular weight excluding hydrogens is 281 g/mol. The summed E-state index contributed by atoms with van der Waals surface area (Å²) in [5, 5.41) is 13.6. The summed E-state index contributed by atoms with van der Waals surface area (Å²) in [6.45, 7) is 2.05. The SMILES string of the molecule is COc1cc(Cl)cc(CNc2ccc(F)c(C)c2)c1O. The highest BCUT2D eigenvalue weighted by Gasteiger charge is 2.10. The highest BCUT2D eigenvalue weighted by atomic mass is 35.5. The highest BCUT2D eigenvalue weighted by Crippen LogP contribution is 2.33. The Balaban J connectivity index is 2.18. The van der Waals surface area contributed by atoms with Gasteiger partial charge in [-0.2, -0.15) is 0 Å². The Labute approximate surface area is 122 Å². The maximum absolute atomic E-state index is 13.2. The molecule has 20 heavy (non-hydrogen) atoms. The molecule has 0 fully saturated rings. The number of anilines is 1. The first-order valence-electron chi connectivity index (χ1n) is 6.06. The second-order valence-corrected chi connectivity index (χ2v) is 4.87. The third kappa shape index (κ3) is 3.14. The van der Waals surface area contributed by atoms with Crippen molar-refractivity contribution >= 4 is 17.3 Å². The summed E-state index contributed by atoms with van der Waals surface area (Å²) in [4.78, 5) is 0. The first-order valence-corrected chi connectivity index (χ1v) is 6.44. The average Bonchev–Trinajstić information content (AvgIpc) is 2.43. The Hall–Kier alpha value is -1.94. The summed E-state index contributed by atoms with van der Waals surface area (Å²) in [7, 11) is 1.46.